The van der Waals surface area contributed by atoms with Crippen LogP contribution in [0.25, 0.3) is 0 Å². The molecule has 4 aliphatic rings. The number of unbranched alkanes of at least 4 members (excludes halogenated alkanes) is 12. The Balaban J connectivity index is 1.24. The highest BCUT2D eigenvalue weighted by Crippen LogP contribution is 2.70. The number of fused-ring (bicyclic) bond motifs is 5. The van der Waals surface area contributed by atoms with E-state index in [-0.39, 0.29) is 31.0 Å². The van der Waals surface area contributed by atoms with E-state index in [4.69, 9.17) is 4.74 Å². The first-order chi connectivity index (χ1) is 21.4. The van der Waals surface area contributed by atoms with Gasteiger partial charge in [-0.05, 0) is 50.5 Å². The molecule has 0 heterocycles. The molecule has 0 aromatic rings. The van der Waals surface area contributed by atoms with Crippen LogP contribution in [-0.4, -0.2) is 51.7 Å². The molecule has 2 saturated carbocycles. The van der Waals surface area contributed by atoms with Gasteiger partial charge in [0.15, 0.2) is 18.1 Å². The van der Waals surface area contributed by atoms with Gasteiger partial charge in [-0.3, -0.25) is 14.4 Å². The Labute approximate surface area is 270 Å². The molecule has 6 nitrogen and oxygen atoms in total. The smallest absolute Gasteiger partial charge is 0.306 e. The van der Waals surface area contributed by atoms with Crippen LogP contribution in [0.2, 0.25) is 0 Å². The average molecular weight is 631 g/mol. The van der Waals surface area contributed by atoms with Crippen molar-refractivity contribution in [3.05, 3.63) is 23.8 Å². The van der Waals surface area contributed by atoms with Gasteiger partial charge in [0.25, 0.3) is 0 Å². The van der Waals surface area contributed by atoms with Gasteiger partial charge in [-0.25, -0.2) is 4.39 Å². The minimum absolute atomic E-state index is 0.0750. The van der Waals surface area contributed by atoms with Crippen molar-refractivity contribution in [2.75, 3.05) is 6.61 Å². The van der Waals surface area contributed by atoms with Gasteiger partial charge in [-0.2, -0.15) is 0 Å². The van der Waals surface area contributed by atoms with Gasteiger partial charge >= 0.3 is 5.97 Å². The lowest BCUT2D eigenvalue weighted by Crippen LogP contribution is -2.69. The molecule has 0 aromatic heterocycles. The van der Waals surface area contributed by atoms with Crippen molar-refractivity contribution in [2.45, 2.75) is 161 Å². The van der Waals surface area contributed by atoms with Crippen LogP contribution in [-0.2, 0) is 19.1 Å². The molecule has 4 aliphatic carbocycles. The second kappa shape index (κ2) is 14.9. The maximum absolute atomic E-state index is 17.3. The van der Waals surface area contributed by atoms with Gasteiger partial charge in [-0.1, -0.05) is 116 Å². The summed E-state index contributed by atoms with van der Waals surface area (Å²) < 4.78 is 22.7. The van der Waals surface area contributed by atoms with Crippen molar-refractivity contribution in [3.63, 3.8) is 0 Å². The number of ether oxygens (including phenoxy) is 1. The van der Waals surface area contributed by atoms with E-state index in [2.05, 4.69) is 6.92 Å². The molecular formula is C38H59FO6. The van der Waals surface area contributed by atoms with E-state index in [9.17, 15) is 24.6 Å². The molecule has 254 valence electrons. The number of hydrogen-bond donors (Lipinski definition) is 2. The molecule has 0 saturated heterocycles. The second-order valence-electron chi connectivity index (χ2n) is 15.2. The predicted octanol–water partition coefficient (Wildman–Crippen LogP) is 7.93. The number of carbonyl (C=O) groups excluding carboxylic acids is 3. The average Bonchev–Trinajstić information content (AvgIpc) is 3.20. The molecule has 0 radical (unpaired) electrons. The lowest BCUT2D eigenvalue weighted by atomic mass is 9.45. The normalized spacial score (nSPS) is 37.0. The maximum Gasteiger partial charge on any atom is 0.306 e. The highest BCUT2D eigenvalue weighted by molar-refractivity contribution is 5.94. The lowest BCUT2D eigenvalue weighted by molar-refractivity contribution is -0.215. The van der Waals surface area contributed by atoms with E-state index in [1.807, 2.05) is 6.08 Å². The first-order valence-corrected chi connectivity index (χ1v) is 18.1. The van der Waals surface area contributed by atoms with Crippen LogP contribution in [0.5, 0.6) is 0 Å². The fraction of sp³-hybridized carbons (Fsp3) is 0.816. The third kappa shape index (κ3) is 6.77. The minimum Gasteiger partial charge on any atom is -0.458 e. The Bertz CT molecular complexity index is 1130. The van der Waals surface area contributed by atoms with E-state index < -0.39 is 58.4 Å². The zero-order chi connectivity index (χ0) is 32.9. The van der Waals surface area contributed by atoms with Crippen molar-refractivity contribution in [1.29, 1.82) is 0 Å². The number of ketones is 2. The van der Waals surface area contributed by atoms with Crippen molar-refractivity contribution in [3.8, 4) is 0 Å². The number of carbonyl (C=O) groups is 3. The summed E-state index contributed by atoms with van der Waals surface area (Å²) in [7, 11) is 0. The van der Waals surface area contributed by atoms with Crippen LogP contribution in [0.4, 0.5) is 4.39 Å². The summed E-state index contributed by atoms with van der Waals surface area (Å²) in [6.07, 6.45) is 20.4. The van der Waals surface area contributed by atoms with Crippen molar-refractivity contribution in [2.24, 2.45) is 28.6 Å². The number of allylic oxidation sites excluding steroid dienone is 4. The van der Waals surface area contributed by atoms with Crippen LogP contribution in [0.1, 0.15) is 143 Å². The largest absolute Gasteiger partial charge is 0.458 e. The molecule has 8 atom stereocenters. The lowest BCUT2D eigenvalue weighted by Gasteiger charge is -2.62. The fourth-order valence-corrected chi connectivity index (χ4v) is 9.66. The van der Waals surface area contributed by atoms with E-state index in [0.29, 0.717) is 24.8 Å². The highest BCUT2D eigenvalue weighted by Gasteiger charge is 2.75. The quantitative estimate of drug-likeness (QED) is 0.0962. The second-order valence-corrected chi connectivity index (χ2v) is 15.2. The molecule has 0 aliphatic heterocycles. The Morgan fingerprint density at radius 3 is 2.13 bits per heavy atom. The summed E-state index contributed by atoms with van der Waals surface area (Å²) in [5, 5.41) is 23.6. The summed E-state index contributed by atoms with van der Waals surface area (Å²) in [5.74, 6) is -2.56. The molecule has 7 heteroatoms. The Morgan fingerprint density at radius 2 is 1.53 bits per heavy atom. The molecule has 2 N–H and O–H groups in total. The summed E-state index contributed by atoms with van der Waals surface area (Å²) in [4.78, 5) is 38.2. The summed E-state index contributed by atoms with van der Waals surface area (Å²) in [5.41, 5.74) is -5.38. The standard InChI is InChI=1S/C38H59FO6/c1-5-6-7-8-9-10-11-12-13-14-15-16-17-18-34(43)45-26-33(42)38(44)27(2)23-31-30-20-19-28-24-29(40)21-22-35(28,3)37(30,39)32(41)25-36(31,38)4/h19,21-22,27,30-32,41,44H,5-18,20,23-26H2,1-4H3/t27-,30+,31+,32+,35+,36+,37+,38+/m1/s1. The minimum atomic E-state index is -2.02. The molecule has 0 amide bonds. The summed E-state index contributed by atoms with van der Waals surface area (Å²) in [6.45, 7) is 7.07. The third-order valence-corrected chi connectivity index (χ3v) is 12.5. The topological polar surface area (TPSA) is 101 Å². The molecular weight excluding hydrogens is 571 g/mol. The molecule has 4 rings (SSSR count). The first kappa shape index (κ1) is 36.0. The number of hydrogen-bond acceptors (Lipinski definition) is 6. The zero-order valence-corrected chi connectivity index (χ0v) is 28.4. The number of rotatable bonds is 17. The van der Waals surface area contributed by atoms with Gasteiger partial charge in [0, 0.05) is 29.6 Å². The number of Topliss-reactive ketones (excluding diaryl/α,β-unsaturated/α-hetero) is 1. The van der Waals surface area contributed by atoms with Crippen LogP contribution < -0.4 is 0 Å². The summed E-state index contributed by atoms with van der Waals surface area (Å²) >= 11 is 0. The number of aliphatic hydroxyl groups is 2. The van der Waals surface area contributed by atoms with Gasteiger partial charge in [0.2, 0.25) is 5.78 Å². The first-order valence-electron chi connectivity index (χ1n) is 18.1. The molecule has 45 heavy (non-hydrogen) atoms. The van der Waals surface area contributed by atoms with E-state index >= 15 is 4.39 Å². The predicted molar refractivity (Wildman–Crippen MR) is 174 cm³/mol. The van der Waals surface area contributed by atoms with Gasteiger partial charge in [-0.15, -0.1) is 0 Å². The van der Waals surface area contributed by atoms with Crippen LogP contribution in [0.15, 0.2) is 23.8 Å². The van der Waals surface area contributed by atoms with Crippen molar-refractivity contribution in [1.82, 2.24) is 0 Å². The molecule has 0 bridgehead atoms. The SMILES string of the molecule is CCCCCCCCCCCCCCCC(=O)OCC(=O)[C@@]1(O)[C@H](C)C[C@H]2[C@@H]3CC=C4CC(=O)C=C[C@]4(C)[C@@]3(F)[C@@H](O)C[C@@]21C. The Kier molecular flexibility index (Phi) is 11.9. The molecule has 0 unspecified atom stereocenters. The van der Waals surface area contributed by atoms with Crippen LogP contribution >= 0.6 is 0 Å². The third-order valence-electron chi connectivity index (χ3n) is 12.5. The van der Waals surface area contributed by atoms with Crippen LogP contribution in [0, 0.1) is 28.6 Å². The number of aliphatic hydroxyl groups excluding tert-OH is 1. The van der Waals surface area contributed by atoms with Gasteiger partial charge < -0.3 is 14.9 Å². The van der Waals surface area contributed by atoms with E-state index in [0.717, 1.165) is 12.8 Å². The Hall–Kier alpha value is -1.86. The number of esters is 1. The number of halogens is 1. The molecule has 2 fully saturated rings. The Morgan fingerprint density at radius 1 is 0.956 bits per heavy atom. The fourth-order valence-electron chi connectivity index (χ4n) is 9.66. The number of alkyl halides is 1. The van der Waals surface area contributed by atoms with Crippen molar-refractivity contribution < 1.29 is 33.7 Å². The monoisotopic (exact) mass is 630 g/mol. The molecule has 0 aromatic carbocycles. The zero-order valence-electron chi connectivity index (χ0n) is 28.4. The van der Waals surface area contributed by atoms with E-state index in [1.165, 1.54) is 70.3 Å². The van der Waals surface area contributed by atoms with Gasteiger partial charge in [0.1, 0.15) is 5.60 Å². The maximum atomic E-state index is 17.3. The van der Waals surface area contributed by atoms with Crippen LogP contribution in [0.3, 0.4) is 0 Å². The van der Waals surface area contributed by atoms with Gasteiger partial charge in [0.05, 0.1) is 6.10 Å². The van der Waals surface area contributed by atoms with Crippen molar-refractivity contribution >= 4 is 17.5 Å². The highest BCUT2D eigenvalue weighted by atomic mass is 19.1. The van der Waals surface area contributed by atoms with E-state index in [1.54, 1.807) is 26.8 Å². The summed E-state index contributed by atoms with van der Waals surface area (Å²) in [6, 6.07) is 0. The molecule has 0 spiro atoms.